The SMILES string of the molecule is C[C@]12C[C@@H]3C[C@](C)(C1)C[C@](NCCOCCO)(C3)C2. The number of aliphatic hydroxyl groups is 1. The van der Waals surface area contributed by atoms with Crippen molar-refractivity contribution < 1.29 is 9.84 Å². The number of ether oxygens (including phenoxy) is 1. The van der Waals surface area contributed by atoms with Crippen LogP contribution in [-0.2, 0) is 4.74 Å². The molecule has 0 amide bonds. The van der Waals surface area contributed by atoms with Gasteiger partial charge in [0.15, 0.2) is 0 Å². The maximum atomic E-state index is 8.72. The van der Waals surface area contributed by atoms with Crippen LogP contribution in [0.2, 0.25) is 0 Å². The average molecular weight is 267 g/mol. The quantitative estimate of drug-likeness (QED) is 0.726. The summed E-state index contributed by atoms with van der Waals surface area (Å²) < 4.78 is 5.38. The molecule has 0 aliphatic heterocycles. The summed E-state index contributed by atoms with van der Waals surface area (Å²) >= 11 is 0. The highest BCUT2D eigenvalue weighted by Crippen LogP contribution is 2.66. The standard InChI is InChI=1S/C16H29NO2/c1-14-7-13-8-15(2,10-14)12-16(9-13,11-14)17-3-5-19-6-4-18/h13,17-18H,3-12H2,1-2H3/t13-,14+,15-,16+. The molecule has 3 nitrogen and oxygen atoms in total. The van der Waals surface area contributed by atoms with Crippen molar-refractivity contribution in [2.45, 2.75) is 57.9 Å². The van der Waals surface area contributed by atoms with Gasteiger partial charge in [-0.2, -0.15) is 0 Å². The van der Waals surface area contributed by atoms with Gasteiger partial charge in [0.05, 0.1) is 19.8 Å². The molecule has 4 saturated carbocycles. The number of hydrogen-bond donors (Lipinski definition) is 2. The molecule has 0 heterocycles. The summed E-state index contributed by atoms with van der Waals surface area (Å²) in [6, 6.07) is 0. The molecule has 2 N–H and O–H groups in total. The zero-order valence-corrected chi connectivity index (χ0v) is 12.5. The molecule has 0 aromatic heterocycles. The maximum absolute atomic E-state index is 8.72. The average Bonchev–Trinajstić information content (AvgIpc) is 2.23. The summed E-state index contributed by atoms with van der Waals surface area (Å²) in [5.41, 5.74) is 1.53. The molecule has 4 atom stereocenters. The summed E-state index contributed by atoms with van der Waals surface area (Å²) in [5.74, 6) is 0.942. The van der Waals surface area contributed by atoms with E-state index in [2.05, 4.69) is 19.2 Å². The van der Waals surface area contributed by atoms with Crippen LogP contribution in [0, 0.1) is 16.7 Å². The molecule has 4 fully saturated rings. The van der Waals surface area contributed by atoms with E-state index in [-0.39, 0.29) is 6.61 Å². The molecule has 4 rings (SSSR count). The van der Waals surface area contributed by atoms with Gasteiger partial charge in [-0.1, -0.05) is 13.8 Å². The van der Waals surface area contributed by atoms with Crippen LogP contribution < -0.4 is 5.32 Å². The van der Waals surface area contributed by atoms with E-state index < -0.39 is 0 Å². The highest BCUT2D eigenvalue weighted by atomic mass is 16.5. The van der Waals surface area contributed by atoms with E-state index in [1.54, 1.807) is 0 Å². The van der Waals surface area contributed by atoms with Crippen molar-refractivity contribution in [3.63, 3.8) is 0 Å². The summed E-state index contributed by atoms with van der Waals surface area (Å²) in [6.45, 7) is 7.26. The van der Waals surface area contributed by atoms with Gasteiger partial charge >= 0.3 is 0 Å². The van der Waals surface area contributed by atoms with E-state index in [1.807, 2.05) is 0 Å². The van der Waals surface area contributed by atoms with Crippen LogP contribution in [0.5, 0.6) is 0 Å². The van der Waals surface area contributed by atoms with Gasteiger partial charge in [-0.05, 0) is 55.3 Å². The highest BCUT2D eigenvalue weighted by molar-refractivity contribution is 5.14. The Balaban J connectivity index is 1.61. The molecule has 0 aromatic rings. The van der Waals surface area contributed by atoms with Crippen molar-refractivity contribution in [2.24, 2.45) is 16.7 Å². The Hall–Kier alpha value is -0.120. The fourth-order valence-electron chi connectivity index (χ4n) is 6.20. The Morgan fingerprint density at radius 3 is 2.32 bits per heavy atom. The van der Waals surface area contributed by atoms with Crippen LogP contribution in [0.15, 0.2) is 0 Å². The first-order valence-corrected chi connectivity index (χ1v) is 7.90. The van der Waals surface area contributed by atoms with Crippen molar-refractivity contribution in [3.05, 3.63) is 0 Å². The number of hydrogen-bond acceptors (Lipinski definition) is 3. The number of rotatable bonds is 6. The number of aliphatic hydroxyl groups excluding tert-OH is 1. The fraction of sp³-hybridized carbons (Fsp3) is 1.00. The topological polar surface area (TPSA) is 41.5 Å². The molecule has 4 aliphatic carbocycles. The second-order valence-corrected chi connectivity index (χ2v) is 8.17. The molecule has 4 bridgehead atoms. The van der Waals surface area contributed by atoms with Gasteiger partial charge in [0.1, 0.15) is 0 Å². The summed E-state index contributed by atoms with van der Waals surface area (Å²) in [7, 11) is 0. The van der Waals surface area contributed by atoms with Crippen molar-refractivity contribution >= 4 is 0 Å². The zero-order chi connectivity index (χ0) is 13.6. The van der Waals surface area contributed by atoms with Gasteiger partial charge in [0.2, 0.25) is 0 Å². The molecule has 19 heavy (non-hydrogen) atoms. The van der Waals surface area contributed by atoms with Gasteiger partial charge in [-0.15, -0.1) is 0 Å². The molecule has 0 saturated heterocycles. The maximum Gasteiger partial charge on any atom is 0.0698 e. The molecule has 3 heteroatoms. The van der Waals surface area contributed by atoms with Gasteiger partial charge < -0.3 is 15.2 Å². The summed E-state index contributed by atoms with van der Waals surface area (Å²) in [6.07, 6.45) is 8.41. The number of nitrogens with one attached hydrogen (secondary N) is 1. The molecule has 4 aliphatic rings. The lowest BCUT2D eigenvalue weighted by Gasteiger charge is -2.65. The van der Waals surface area contributed by atoms with Gasteiger partial charge in [-0.25, -0.2) is 0 Å². The lowest BCUT2D eigenvalue weighted by atomic mass is 9.43. The van der Waals surface area contributed by atoms with E-state index in [4.69, 9.17) is 9.84 Å². The second-order valence-electron chi connectivity index (χ2n) is 8.17. The first-order chi connectivity index (χ1) is 8.97. The normalized spacial score (nSPS) is 47.8. The Kier molecular flexibility index (Phi) is 3.43. The van der Waals surface area contributed by atoms with E-state index >= 15 is 0 Å². The first kappa shape index (κ1) is 13.8. The molecule has 0 spiro atoms. The van der Waals surface area contributed by atoms with E-state index in [1.165, 1.54) is 38.5 Å². The lowest BCUT2D eigenvalue weighted by Crippen LogP contribution is -2.64. The van der Waals surface area contributed by atoms with Gasteiger partial charge in [0.25, 0.3) is 0 Å². The van der Waals surface area contributed by atoms with Crippen molar-refractivity contribution in [3.8, 4) is 0 Å². The predicted octanol–water partition coefficient (Wildman–Crippen LogP) is 2.33. The van der Waals surface area contributed by atoms with Crippen molar-refractivity contribution in [1.82, 2.24) is 5.32 Å². The van der Waals surface area contributed by atoms with Gasteiger partial charge in [-0.3, -0.25) is 0 Å². The molecule has 0 radical (unpaired) electrons. The molecule has 110 valence electrons. The van der Waals surface area contributed by atoms with Crippen LogP contribution >= 0.6 is 0 Å². The third-order valence-electron chi connectivity index (χ3n) is 5.61. The van der Waals surface area contributed by atoms with Crippen molar-refractivity contribution in [2.75, 3.05) is 26.4 Å². The molecular weight excluding hydrogens is 238 g/mol. The second kappa shape index (κ2) is 4.71. The summed E-state index contributed by atoms with van der Waals surface area (Å²) in [4.78, 5) is 0. The van der Waals surface area contributed by atoms with E-state index in [0.717, 1.165) is 19.1 Å². The monoisotopic (exact) mass is 267 g/mol. The minimum absolute atomic E-state index is 0.128. The van der Waals surface area contributed by atoms with Crippen molar-refractivity contribution in [1.29, 1.82) is 0 Å². The third-order valence-corrected chi connectivity index (χ3v) is 5.61. The Bertz CT molecular complexity index is 326. The van der Waals surface area contributed by atoms with Crippen LogP contribution in [-0.4, -0.2) is 37.0 Å². The summed E-state index contributed by atoms with van der Waals surface area (Å²) in [5, 5.41) is 12.5. The van der Waals surface area contributed by atoms with Crippen LogP contribution in [0.1, 0.15) is 52.4 Å². The molecule has 0 aromatic carbocycles. The van der Waals surface area contributed by atoms with E-state index in [0.29, 0.717) is 23.0 Å². The minimum atomic E-state index is 0.128. The Morgan fingerprint density at radius 1 is 1.05 bits per heavy atom. The molecule has 0 unspecified atom stereocenters. The van der Waals surface area contributed by atoms with E-state index in [9.17, 15) is 0 Å². The lowest BCUT2D eigenvalue weighted by molar-refractivity contribution is -0.118. The first-order valence-electron chi connectivity index (χ1n) is 7.90. The minimum Gasteiger partial charge on any atom is -0.394 e. The van der Waals surface area contributed by atoms with Crippen LogP contribution in [0.4, 0.5) is 0 Å². The fourth-order valence-corrected chi connectivity index (χ4v) is 6.20. The predicted molar refractivity (Wildman–Crippen MR) is 76.0 cm³/mol. The largest absolute Gasteiger partial charge is 0.394 e. The Labute approximate surface area is 117 Å². The third kappa shape index (κ3) is 2.70. The zero-order valence-electron chi connectivity index (χ0n) is 12.5. The van der Waals surface area contributed by atoms with Gasteiger partial charge in [0, 0.05) is 12.1 Å². The molecular formula is C16H29NO2. The highest BCUT2D eigenvalue weighted by Gasteiger charge is 2.59. The van der Waals surface area contributed by atoms with Crippen LogP contribution in [0.3, 0.4) is 0 Å². The van der Waals surface area contributed by atoms with Crippen LogP contribution in [0.25, 0.3) is 0 Å². The Morgan fingerprint density at radius 2 is 1.74 bits per heavy atom. The smallest absolute Gasteiger partial charge is 0.0698 e.